The molecule has 5 nitrogen and oxygen atoms in total. The molecule has 1 atom stereocenters. The van der Waals surface area contributed by atoms with Crippen molar-refractivity contribution in [1.29, 1.82) is 0 Å². The first-order valence-electron chi connectivity index (χ1n) is 6.57. The zero-order valence-corrected chi connectivity index (χ0v) is 11.7. The average molecular weight is 263 g/mol. The van der Waals surface area contributed by atoms with Gasteiger partial charge in [0.2, 0.25) is 0 Å². The molecule has 2 heterocycles. The molecule has 5 heteroatoms. The highest BCUT2D eigenvalue weighted by molar-refractivity contribution is 5.68. The van der Waals surface area contributed by atoms with Gasteiger partial charge >= 0.3 is 6.09 Å². The summed E-state index contributed by atoms with van der Waals surface area (Å²) in [6, 6.07) is 4.04. The lowest BCUT2D eigenvalue weighted by atomic mass is 10.1. The van der Waals surface area contributed by atoms with E-state index in [0.717, 1.165) is 12.1 Å². The molecule has 0 aliphatic carbocycles. The molecular weight excluding hydrogens is 242 g/mol. The summed E-state index contributed by atoms with van der Waals surface area (Å²) in [5.41, 5.74) is 0.641. The summed E-state index contributed by atoms with van der Waals surface area (Å²) in [5.74, 6) is 0. The number of nitrogens with zero attached hydrogens (tertiary/aromatic N) is 2. The minimum Gasteiger partial charge on any atom is -0.444 e. The zero-order chi connectivity index (χ0) is 13.9. The van der Waals surface area contributed by atoms with Gasteiger partial charge in [-0.25, -0.2) is 4.79 Å². The minimum atomic E-state index is -0.453. The Labute approximate surface area is 114 Å². The van der Waals surface area contributed by atoms with Gasteiger partial charge in [0.15, 0.2) is 0 Å². The molecular formula is C14H21N3O2. The lowest BCUT2D eigenvalue weighted by molar-refractivity contribution is 0.0195. The maximum absolute atomic E-state index is 12.1. The van der Waals surface area contributed by atoms with Crippen LogP contribution in [0.5, 0.6) is 0 Å². The fourth-order valence-corrected chi connectivity index (χ4v) is 2.05. The minimum absolute atomic E-state index is 0.120. The van der Waals surface area contributed by atoms with Gasteiger partial charge in [-0.05, 0) is 32.4 Å². The van der Waals surface area contributed by atoms with Crippen LogP contribution in [0.25, 0.3) is 0 Å². The summed E-state index contributed by atoms with van der Waals surface area (Å²) in [6.07, 6.45) is 3.33. The predicted molar refractivity (Wildman–Crippen MR) is 72.8 cm³/mol. The van der Waals surface area contributed by atoms with Gasteiger partial charge in [-0.2, -0.15) is 0 Å². The van der Waals surface area contributed by atoms with Crippen molar-refractivity contribution in [1.82, 2.24) is 15.2 Å². The summed E-state index contributed by atoms with van der Waals surface area (Å²) >= 11 is 0. The number of carbonyl (C=O) groups is 1. The van der Waals surface area contributed by atoms with Gasteiger partial charge in [0.05, 0.1) is 6.04 Å². The van der Waals surface area contributed by atoms with Crippen LogP contribution in [0.1, 0.15) is 32.4 Å². The van der Waals surface area contributed by atoms with E-state index in [1.807, 2.05) is 39.1 Å². The van der Waals surface area contributed by atoms with Gasteiger partial charge in [0.25, 0.3) is 0 Å². The predicted octanol–water partition coefficient (Wildman–Crippen LogP) is 1.96. The summed E-state index contributed by atoms with van der Waals surface area (Å²) in [4.78, 5) is 17.9. The molecule has 1 aromatic heterocycles. The Morgan fingerprint density at radius 1 is 1.53 bits per heavy atom. The number of carbonyl (C=O) groups excluding carboxylic acids is 1. The second-order valence-corrected chi connectivity index (χ2v) is 5.72. The van der Waals surface area contributed by atoms with E-state index >= 15 is 0 Å². The van der Waals surface area contributed by atoms with Crippen LogP contribution in [0.2, 0.25) is 0 Å². The number of pyridine rings is 1. The largest absolute Gasteiger partial charge is 0.444 e. The first-order valence-corrected chi connectivity index (χ1v) is 6.57. The number of hydrogen-bond acceptors (Lipinski definition) is 4. The average Bonchev–Trinajstić information content (AvgIpc) is 2.38. The van der Waals surface area contributed by atoms with Gasteiger partial charge in [-0.15, -0.1) is 0 Å². The molecule has 0 saturated carbocycles. The van der Waals surface area contributed by atoms with Crippen LogP contribution >= 0.6 is 0 Å². The van der Waals surface area contributed by atoms with E-state index in [1.54, 1.807) is 11.1 Å². The molecule has 1 amide bonds. The zero-order valence-electron chi connectivity index (χ0n) is 11.7. The fourth-order valence-electron chi connectivity index (χ4n) is 2.05. The van der Waals surface area contributed by atoms with E-state index in [1.165, 1.54) is 0 Å². The quantitative estimate of drug-likeness (QED) is 0.841. The molecule has 1 N–H and O–H groups in total. The Balaban J connectivity index is 2.00. The third-order valence-corrected chi connectivity index (χ3v) is 2.91. The van der Waals surface area contributed by atoms with Crippen LogP contribution in [0.4, 0.5) is 4.79 Å². The highest BCUT2D eigenvalue weighted by Crippen LogP contribution is 2.18. The first kappa shape index (κ1) is 13.8. The Hall–Kier alpha value is -1.62. The highest BCUT2D eigenvalue weighted by Gasteiger charge is 2.27. The molecule has 0 unspecified atom stereocenters. The van der Waals surface area contributed by atoms with Crippen LogP contribution in [0.15, 0.2) is 24.5 Å². The molecule has 0 aromatic carbocycles. The topological polar surface area (TPSA) is 54.5 Å². The van der Waals surface area contributed by atoms with Crippen LogP contribution in [0, 0.1) is 0 Å². The molecule has 1 aromatic rings. The molecule has 1 aliphatic heterocycles. The maximum atomic E-state index is 12.1. The van der Waals surface area contributed by atoms with Gasteiger partial charge in [-0.3, -0.25) is 4.98 Å². The van der Waals surface area contributed by atoms with Crippen molar-refractivity contribution in [3.8, 4) is 0 Å². The van der Waals surface area contributed by atoms with E-state index in [2.05, 4.69) is 10.3 Å². The summed E-state index contributed by atoms with van der Waals surface area (Å²) in [6.45, 7) is 7.69. The molecule has 0 spiro atoms. The van der Waals surface area contributed by atoms with Crippen molar-refractivity contribution in [2.24, 2.45) is 0 Å². The van der Waals surface area contributed by atoms with Gasteiger partial charge in [0, 0.05) is 32.0 Å². The standard InChI is InChI=1S/C14H21N3O2/c1-14(2,3)19-13(18)17-8-7-16-12(10-17)11-5-4-6-15-9-11/h4-6,9,12,16H,7-8,10H2,1-3H3/t12-/m0/s1. The third-order valence-electron chi connectivity index (χ3n) is 2.91. The molecule has 1 saturated heterocycles. The van der Waals surface area contributed by atoms with Crippen molar-refractivity contribution < 1.29 is 9.53 Å². The van der Waals surface area contributed by atoms with Crippen LogP contribution in [-0.4, -0.2) is 41.2 Å². The van der Waals surface area contributed by atoms with Crippen molar-refractivity contribution in [3.63, 3.8) is 0 Å². The van der Waals surface area contributed by atoms with E-state index in [4.69, 9.17) is 4.74 Å². The van der Waals surface area contributed by atoms with E-state index in [0.29, 0.717) is 13.1 Å². The van der Waals surface area contributed by atoms with E-state index in [-0.39, 0.29) is 12.1 Å². The van der Waals surface area contributed by atoms with Crippen LogP contribution < -0.4 is 5.32 Å². The lowest BCUT2D eigenvalue weighted by Gasteiger charge is -2.34. The van der Waals surface area contributed by atoms with E-state index in [9.17, 15) is 4.79 Å². The Kier molecular flexibility index (Phi) is 4.04. The summed E-state index contributed by atoms with van der Waals surface area (Å²) < 4.78 is 5.40. The molecule has 1 aliphatic rings. The Morgan fingerprint density at radius 3 is 2.95 bits per heavy atom. The van der Waals surface area contributed by atoms with Crippen molar-refractivity contribution in [2.45, 2.75) is 32.4 Å². The molecule has 0 bridgehead atoms. The number of amides is 1. The first-order chi connectivity index (χ1) is 8.96. The second-order valence-electron chi connectivity index (χ2n) is 5.72. The molecule has 0 radical (unpaired) electrons. The Morgan fingerprint density at radius 2 is 2.32 bits per heavy atom. The second kappa shape index (κ2) is 5.57. The monoisotopic (exact) mass is 263 g/mol. The van der Waals surface area contributed by atoms with E-state index < -0.39 is 5.60 Å². The molecule has 2 rings (SSSR count). The van der Waals surface area contributed by atoms with Crippen molar-refractivity contribution in [3.05, 3.63) is 30.1 Å². The fraction of sp³-hybridized carbons (Fsp3) is 0.571. The molecule has 104 valence electrons. The summed E-state index contributed by atoms with van der Waals surface area (Å²) in [5, 5.41) is 3.39. The number of hydrogen-bond donors (Lipinski definition) is 1. The normalized spacial score (nSPS) is 20.2. The summed E-state index contributed by atoms with van der Waals surface area (Å²) in [7, 11) is 0. The van der Waals surface area contributed by atoms with Crippen molar-refractivity contribution in [2.75, 3.05) is 19.6 Å². The van der Waals surface area contributed by atoms with Gasteiger partial charge in [-0.1, -0.05) is 6.07 Å². The van der Waals surface area contributed by atoms with Gasteiger partial charge in [0.1, 0.15) is 5.60 Å². The number of rotatable bonds is 1. The SMILES string of the molecule is CC(C)(C)OC(=O)N1CCN[C@H](c2cccnc2)C1. The number of piperazine rings is 1. The lowest BCUT2D eigenvalue weighted by Crippen LogP contribution is -2.49. The number of ether oxygens (including phenoxy) is 1. The van der Waals surface area contributed by atoms with Crippen LogP contribution in [0.3, 0.4) is 0 Å². The highest BCUT2D eigenvalue weighted by atomic mass is 16.6. The third kappa shape index (κ3) is 3.92. The molecule has 1 fully saturated rings. The number of nitrogens with one attached hydrogen (secondary N) is 1. The van der Waals surface area contributed by atoms with Crippen LogP contribution in [-0.2, 0) is 4.74 Å². The maximum Gasteiger partial charge on any atom is 0.410 e. The number of aromatic nitrogens is 1. The molecule has 19 heavy (non-hydrogen) atoms. The van der Waals surface area contributed by atoms with Crippen molar-refractivity contribution >= 4 is 6.09 Å². The smallest absolute Gasteiger partial charge is 0.410 e. The Bertz CT molecular complexity index is 428. The van der Waals surface area contributed by atoms with Gasteiger partial charge < -0.3 is 15.0 Å².